The normalized spacial score (nSPS) is 26.4. The van der Waals surface area contributed by atoms with E-state index in [1.807, 2.05) is 19.1 Å². The van der Waals surface area contributed by atoms with Crippen LogP contribution >= 0.6 is 0 Å². The summed E-state index contributed by atoms with van der Waals surface area (Å²) in [5.74, 6) is 1.31. The first-order valence-electron chi connectivity index (χ1n) is 11.3. The highest BCUT2D eigenvalue weighted by molar-refractivity contribution is 5.88. The van der Waals surface area contributed by atoms with Crippen molar-refractivity contribution in [1.82, 2.24) is 10.2 Å². The molecule has 10 heteroatoms. The van der Waals surface area contributed by atoms with Crippen LogP contribution in [0.15, 0.2) is 30.3 Å². The SMILES string of the molecule is Cc1cc(OO[C@@H]2[C@@H](O)[C@H](O)[C@@H](CO)O[C@H]2O)c2c(CCc3ccc4c(c3)CCO4)n[nH]c2c1. The molecular weight excluding hydrogens is 444 g/mol. The van der Waals surface area contributed by atoms with Gasteiger partial charge in [0.05, 0.1) is 29.8 Å². The lowest BCUT2D eigenvalue weighted by atomic mass is 9.99. The van der Waals surface area contributed by atoms with Crippen molar-refractivity contribution in [2.75, 3.05) is 13.2 Å². The first kappa shape index (κ1) is 23.0. The number of benzene rings is 2. The number of ether oxygens (including phenoxy) is 2. The van der Waals surface area contributed by atoms with Crippen LogP contribution in [0.2, 0.25) is 0 Å². The first-order chi connectivity index (χ1) is 16.4. The maximum atomic E-state index is 10.3. The second kappa shape index (κ2) is 9.49. The summed E-state index contributed by atoms with van der Waals surface area (Å²) < 4.78 is 10.7. The van der Waals surface area contributed by atoms with E-state index in [1.54, 1.807) is 6.07 Å². The molecule has 1 fully saturated rings. The summed E-state index contributed by atoms with van der Waals surface area (Å²) in [6.07, 6.45) is -4.73. The molecule has 3 aromatic rings. The van der Waals surface area contributed by atoms with Gasteiger partial charge in [0.25, 0.3) is 0 Å². The Bertz CT molecular complexity index is 1170. The van der Waals surface area contributed by atoms with Gasteiger partial charge in [-0.15, -0.1) is 0 Å². The number of aromatic nitrogens is 2. The lowest BCUT2D eigenvalue weighted by Gasteiger charge is -2.38. The summed E-state index contributed by atoms with van der Waals surface area (Å²) in [6.45, 7) is 2.05. The molecule has 0 radical (unpaired) electrons. The molecule has 1 saturated heterocycles. The van der Waals surface area contributed by atoms with E-state index >= 15 is 0 Å². The van der Waals surface area contributed by atoms with E-state index in [4.69, 9.17) is 19.2 Å². The quantitative estimate of drug-likeness (QED) is 0.248. The molecule has 0 unspecified atom stereocenters. The van der Waals surface area contributed by atoms with Crippen molar-refractivity contribution >= 4 is 10.9 Å². The summed E-state index contributed by atoms with van der Waals surface area (Å²) in [5.41, 5.74) is 4.84. The summed E-state index contributed by atoms with van der Waals surface area (Å²) in [6, 6.07) is 9.93. The fourth-order valence-corrected chi connectivity index (χ4v) is 4.51. The minimum atomic E-state index is -1.59. The molecule has 5 atom stereocenters. The zero-order valence-electron chi connectivity index (χ0n) is 18.7. The zero-order valence-corrected chi connectivity index (χ0v) is 18.7. The van der Waals surface area contributed by atoms with E-state index < -0.39 is 37.3 Å². The lowest BCUT2D eigenvalue weighted by Crippen LogP contribution is -2.59. The van der Waals surface area contributed by atoms with Gasteiger partial charge in [0.15, 0.2) is 18.1 Å². The van der Waals surface area contributed by atoms with E-state index in [0.29, 0.717) is 12.2 Å². The number of fused-ring (bicyclic) bond motifs is 2. The fraction of sp³-hybridized carbons (Fsp3) is 0.458. The molecule has 0 saturated carbocycles. The van der Waals surface area contributed by atoms with Crippen molar-refractivity contribution in [3.8, 4) is 11.5 Å². The fourth-order valence-electron chi connectivity index (χ4n) is 4.51. The third-order valence-electron chi connectivity index (χ3n) is 6.34. The smallest absolute Gasteiger partial charge is 0.188 e. The van der Waals surface area contributed by atoms with Crippen LogP contribution in [0.1, 0.15) is 22.4 Å². The average Bonchev–Trinajstić information content (AvgIpc) is 3.46. The maximum absolute atomic E-state index is 10.3. The Morgan fingerprint density at radius 2 is 1.97 bits per heavy atom. The molecular formula is C24H28N2O8. The molecule has 2 aliphatic rings. The number of aryl methyl sites for hydroxylation is 3. The van der Waals surface area contributed by atoms with Crippen molar-refractivity contribution in [3.63, 3.8) is 0 Å². The minimum Gasteiger partial charge on any atom is -0.493 e. The number of rotatable bonds is 7. The van der Waals surface area contributed by atoms with Crippen LogP contribution in [-0.2, 0) is 28.9 Å². The number of hydrogen-bond acceptors (Lipinski definition) is 9. The second-order valence-electron chi connectivity index (χ2n) is 8.77. The third-order valence-corrected chi connectivity index (χ3v) is 6.34. The molecule has 182 valence electrons. The summed E-state index contributed by atoms with van der Waals surface area (Å²) in [7, 11) is 0. The van der Waals surface area contributed by atoms with E-state index in [2.05, 4.69) is 22.3 Å². The Hall–Kier alpha value is -2.73. The van der Waals surface area contributed by atoms with Gasteiger partial charge < -0.3 is 34.8 Å². The van der Waals surface area contributed by atoms with Gasteiger partial charge >= 0.3 is 0 Å². The molecule has 10 nitrogen and oxygen atoms in total. The predicted octanol–water partition coefficient (Wildman–Crippen LogP) is 0.702. The molecule has 3 heterocycles. The van der Waals surface area contributed by atoms with Crippen LogP contribution in [0, 0.1) is 6.92 Å². The summed E-state index contributed by atoms with van der Waals surface area (Å²) in [4.78, 5) is 10.9. The lowest BCUT2D eigenvalue weighted by molar-refractivity contribution is -0.364. The number of nitrogens with one attached hydrogen (secondary N) is 1. The number of aliphatic hydroxyl groups is 4. The van der Waals surface area contributed by atoms with E-state index in [1.165, 1.54) is 11.1 Å². The highest BCUT2D eigenvalue weighted by atomic mass is 17.2. The van der Waals surface area contributed by atoms with Gasteiger partial charge in [0, 0.05) is 6.42 Å². The number of aliphatic hydroxyl groups excluding tert-OH is 4. The second-order valence-corrected chi connectivity index (χ2v) is 8.77. The Morgan fingerprint density at radius 3 is 2.79 bits per heavy atom. The van der Waals surface area contributed by atoms with E-state index in [-0.39, 0.29) is 0 Å². The average molecular weight is 472 g/mol. The molecule has 0 bridgehead atoms. The molecule has 34 heavy (non-hydrogen) atoms. The third kappa shape index (κ3) is 4.36. The van der Waals surface area contributed by atoms with Gasteiger partial charge in [-0.25, -0.2) is 0 Å². The highest BCUT2D eigenvalue weighted by Crippen LogP contribution is 2.32. The first-order valence-corrected chi connectivity index (χ1v) is 11.3. The zero-order chi connectivity index (χ0) is 23.8. The molecule has 5 N–H and O–H groups in total. The van der Waals surface area contributed by atoms with Gasteiger partial charge in [-0.2, -0.15) is 9.99 Å². The molecule has 2 aliphatic heterocycles. The van der Waals surface area contributed by atoms with Crippen molar-refractivity contribution < 1.29 is 39.7 Å². The van der Waals surface area contributed by atoms with Crippen molar-refractivity contribution in [2.45, 2.75) is 56.9 Å². The summed E-state index contributed by atoms with van der Waals surface area (Å²) >= 11 is 0. The Morgan fingerprint density at radius 1 is 1.12 bits per heavy atom. The van der Waals surface area contributed by atoms with Gasteiger partial charge in [0.2, 0.25) is 0 Å². The number of aromatic amines is 1. The standard InChI is InChI=1S/C24H28N2O8/c1-12-8-16-20(15(25-26-16)4-2-13-3-5-17-14(10-13)6-7-31-17)18(9-12)33-34-23-22(29)21(28)19(11-27)32-24(23)30/h3,5,8-10,19,21-24,27-30H,2,4,6-7,11H2,1H3,(H,25,26)/t19-,21-,22+,23-,24-/m1/s1. The molecule has 0 aliphatic carbocycles. The van der Waals surface area contributed by atoms with Crippen molar-refractivity contribution in [2.24, 2.45) is 0 Å². The van der Waals surface area contributed by atoms with E-state index in [9.17, 15) is 20.4 Å². The highest BCUT2D eigenvalue weighted by Gasteiger charge is 2.45. The van der Waals surface area contributed by atoms with Gasteiger partial charge in [-0.3, -0.25) is 5.10 Å². The topological polar surface area (TPSA) is 147 Å². The minimum absolute atomic E-state index is 0.360. The van der Waals surface area contributed by atoms with Crippen LogP contribution in [-0.4, -0.2) is 74.5 Å². The number of nitrogens with zero attached hydrogens (tertiary/aromatic N) is 1. The molecule has 5 rings (SSSR count). The molecule has 2 aromatic carbocycles. The Balaban J connectivity index is 1.34. The number of hydrogen-bond donors (Lipinski definition) is 5. The van der Waals surface area contributed by atoms with Crippen molar-refractivity contribution in [1.29, 1.82) is 0 Å². The van der Waals surface area contributed by atoms with E-state index in [0.717, 1.165) is 47.4 Å². The van der Waals surface area contributed by atoms with Gasteiger partial charge in [-0.05, 0) is 54.7 Å². The van der Waals surface area contributed by atoms with Crippen molar-refractivity contribution in [3.05, 3.63) is 52.7 Å². The van der Waals surface area contributed by atoms with Crippen LogP contribution in [0.25, 0.3) is 10.9 Å². The van der Waals surface area contributed by atoms with Crippen LogP contribution in [0.3, 0.4) is 0 Å². The monoisotopic (exact) mass is 472 g/mol. The Labute approximate surface area is 195 Å². The Kier molecular flexibility index (Phi) is 6.43. The summed E-state index contributed by atoms with van der Waals surface area (Å²) in [5, 5.41) is 48.0. The molecule has 1 aromatic heterocycles. The maximum Gasteiger partial charge on any atom is 0.188 e. The molecule has 0 amide bonds. The van der Waals surface area contributed by atoms with Crippen LogP contribution in [0.4, 0.5) is 0 Å². The molecule has 0 spiro atoms. The van der Waals surface area contributed by atoms with Crippen LogP contribution < -0.4 is 9.62 Å². The van der Waals surface area contributed by atoms with Crippen LogP contribution in [0.5, 0.6) is 11.5 Å². The van der Waals surface area contributed by atoms with Gasteiger partial charge in [0.1, 0.15) is 24.1 Å². The predicted molar refractivity (Wildman–Crippen MR) is 119 cm³/mol. The van der Waals surface area contributed by atoms with Gasteiger partial charge in [-0.1, -0.05) is 12.1 Å². The number of H-pyrrole nitrogens is 1. The largest absolute Gasteiger partial charge is 0.493 e.